The molecule has 0 radical (unpaired) electrons. The molecule has 2 aromatic rings. The molecule has 1 heterocycles. The Kier molecular flexibility index (Phi) is 3.75. The third kappa shape index (κ3) is 2.87. The Morgan fingerprint density at radius 1 is 1.42 bits per heavy atom. The Morgan fingerprint density at radius 2 is 2.16 bits per heavy atom. The average Bonchev–Trinajstić information content (AvgIpc) is 2.36. The predicted octanol–water partition coefficient (Wildman–Crippen LogP) is 2.41. The second-order valence-corrected chi connectivity index (χ2v) is 4.56. The normalized spacial score (nSPS) is 10.3. The molecule has 0 saturated heterocycles. The van der Waals surface area contributed by atoms with E-state index < -0.39 is 11.8 Å². The largest absolute Gasteiger partial charge is 0.465 e. The first-order valence-electron chi connectivity index (χ1n) is 5.18. The van der Waals surface area contributed by atoms with E-state index in [1.807, 2.05) is 0 Å². The smallest absolute Gasteiger partial charge is 0.343 e. The molecule has 1 aromatic carbocycles. The van der Waals surface area contributed by atoms with Gasteiger partial charge < -0.3 is 10.5 Å². The van der Waals surface area contributed by atoms with Crippen LogP contribution in [0.4, 0.5) is 10.2 Å². The van der Waals surface area contributed by atoms with Crippen LogP contribution in [0.5, 0.6) is 0 Å². The summed E-state index contributed by atoms with van der Waals surface area (Å²) in [4.78, 5) is 19.3. The van der Waals surface area contributed by atoms with Gasteiger partial charge in [-0.25, -0.2) is 19.2 Å². The van der Waals surface area contributed by atoms with Gasteiger partial charge in [0.15, 0.2) is 5.82 Å². The lowest BCUT2D eigenvalue weighted by Gasteiger charge is -2.05. The fourth-order valence-electron chi connectivity index (χ4n) is 1.48. The van der Waals surface area contributed by atoms with Crippen molar-refractivity contribution in [1.29, 1.82) is 0 Å². The van der Waals surface area contributed by atoms with Crippen LogP contribution in [0, 0.1) is 5.82 Å². The Morgan fingerprint density at radius 3 is 2.74 bits per heavy atom. The van der Waals surface area contributed by atoms with Gasteiger partial charge in [0.1, 0.15) is 17.2 Å². The van der Waals surface area contributed by atoms with Crippen molar-refractivity contribution in [3.8, 4) is 11.4 Å². The van der Waals surface area contributed by atoms with Crippen LogP contribution < -0.4 is 5.73 Å². The van der Waals surface area contributed by atoms with E-state index >= 15 is 0 Å². The van der Waals surface area contributed by atoms with E-state index in [-0.39, 0.29) is 17.2 Å². The number of nitrogen functional groups attached to an aromatic ring is 1. The summed E-state index contributed by atoms with van der Waals surface area (Å²) in [5, 5.41) is 0. The molecular weight excluding hydrogens is 317 g/mol. The second kappa shape index (κ2) is 5.31. The van der Waals surface area contributed by atoms with Crippen LogP contribution in [-0.2, 0) is 4.74 Å². The number of halogens is 2. The van der Waals surface area contributed by atoms with E-state index in [0.717, 1.165) is 0 Å². The number of carbonyl (C=O) groups is 1. The van der Waals surface area contributed by atoms with Crippen molar-refractivity contribution in [1.82, 2.24) is 9.97 Å². The predicted molar refractivity (Wildman–Crippen MR) is 70.9 cm³/mol. The topological polar surface area (TPSA) is 78.1 Å². The minimum absolute atomic E-state index is 0.0165. The van der Waals surface area contributed by atoms with Crippen molar-refractivity contribution in [2.24, 2.45) is 0 Å². The van der Waals surface area contributed by atoms with Crippen LogP contribution >= 0.6 is 15.9 Å². The zero-order chi connectivity index (χ0) is 14.0. The van der Waals surface area contributed by atoms with Crippen molar-refractivity contribution >= 4 is 27.7 Å². The number of rotatable bonds is 2. The number of carbonyl (C=O) groups excluding carboxylic acids is 1. The van der Waals surface area contributed by atoms with Gasteiger partial charge >= 0.3 is 5.97 Å². The summed E-state index contributed by atoms with van der Waals surface area (Å²) >= 11 is 3.18. The van der Waals surface area contributed by atoms with E-state index in [1.165, 1.54) is 25.4 Å². The quantitative estimate of drug-likeness (QED) is 0.858. The summed E-state index contributed by atoms with van der Waals surface area (Å²) in [7, 11) is 1.24. The highest BCUT2D eigenvalue weighted by Gasteiger charge is 2.14. The van der Waals surface area contributed by atoms with Gasteiger partial charge in [0.05, 0.1) is 7.11 Å². The summed E-state index contributed by atoms with van der Waals surface area (Å²) in [5.41, 5.74) is 6.18. The Labute approximate surface area is 116 Å². The van der Waals surface area contributed by atoms with E-state index in [9.17, 15) is 9.18 Å². The highest BCUT2D eigenvalue weighted by atomic mass is 79.9. The number of benzene rings is 1. The van der Waals surface area contributed by atoms with Crippen molar-refractivity contribution in [2.75, 3.05) is 12.8 Å². The molecule has 98 valence electrons. The van der Waals surface area contributed by atoms with Crippen LogP contribution in [0.3, 0.4) is 0 Å². The zero-order valence-electron chi connectivity index (χ0n) is 9.85. The maximum absolute atomic E-state index is 13.3. The molecule has 19 heavy (non-hydrogen) atoms. The molecule has 0 unspecified atom stereocenters. The number of ether oxygens (including phenoxy) is 1. The van der Waals surface area contributed by atoms with E-state index in [1.54, 1.807) is 6.07 Å². The monoisotopic (exact) mass is 325 g/mol. The first kappa shape index (κ1) is 13.4. The number of hydrogen-bond donors (Lipinski definition) is 1. The first-order valence-corrected chi connectivity index (χ1v) is 5.98. The van der Waals surface area contributed by atoms with Crippen molar-refractivity contribution in [3.63, 3.8) is 0 Å². The van der Waals surface area contributed by atoms with Gasteiger partial charge in [0, 0.05) is 16.2 Å². The van der Waals surface area contributed by atoms with Crippen LogP contribution in [0.15, 0.2) is 28.9 Å². The standard InChI is InChI=1S/C12H9BrFN3O2/c1-19-12(18)9-5-16-11(17-10(9)15)6-2-7(13)4-8(14)3-6/h2-5H,1H3,(H2,15,16,17). The number of aromatic nitrogens is 2. The molecule has 0 amide bonds. The molecule has 2 rings (SSSR count). The number of hydrogen-bond acceptors (Lipinski definition) is 5. The van der Waals surface area contributed by atoms with Crippen LogP contribution in [0.2, 0.25) is 0 Å². The fraction of sp³-hybridized carbons (Fsp3) is 0.0833. The molecule has 0 aliphatic heterocycles. The van der Waals surface area contributed by atoms with Gasteiger partial charge in [-0.2, -0.15) is 0 Å². The van der Waals surface area contributed by atoms with Crippen molar-refractivity contribution in [2.45, 2.75) is 0 Å². The average molecular weight is 326 g/mol. The van der Waals surface area contributed by atoms with Gasteiger partial charge in [0.25, 0.3) is 0 Å². The number of nitrogens with zero attached hydrogens (tertiary/aromatic N) is 2. The van der Waals surface area contributed by atoms with E-state index in [0.29, 0.717) is 10.0 Å². The molecule has 0 fully saturated rings. The second-order valence-electron chi connectivity index (χ2n) is 3.64. The van der Waals surface area contributed by atoms with Gasteiger partial charge in [-0.1, -0.05) is 15.9 Å². The summed E-state index contributed by atoms with van der Waals surface area (Å²) in [6, 6.07) is 4.24. The fourth-order valence-corrected chi connectivity index (χ4v) is 1.95. The maximum Gasteiger partial charge on any atom is 0.343 e. The SMILES string of the molecule is COC(=O)c1cnc(-c2cc(F)cc(Br)c2)nc1N. The van der Waals surface area contributed by atoms with Gasteiger partial charge in [-0.3, -0.25) is 0 Å². The summed E-state index contributed by atoms with van der Waals surface area (Å²) in [6.45, 7) is 0. The number of nitrogens with two attached hydrogens (primary N) is 1. The van der Waals surface area contributed by atoms with Crippen molar-refractivity contribution < 1.29 is 13.9 Å². The third-order valence-corrected chi connectivity index (χ3v) is 2.80. The lowest BCUT2D eigenvalue weighted by molar-refractivity contribution is 0.0601. The minimum atomic E-state index is -0.621. The van der Waals surface area contributed by atoms with E-state index in [4.69, 9.17) is 5.73 Å². The minimum Gasteiger partial charge on any atom is -0.465 e. The summed E-state index contributed by atoms with van der Waals surface area (Å²) in [5.74, 6) is -0.837. The highest BCUT2D eigenvalue weighted by molar-refractivity contribution is 9.10. The number of anilines is 1. The van der Waals surface area contributed by atoms with E-state index in [2.05, 4.69) is 30.6 Å². The zero-order valence-corrected chi connectivity index (χ0v) is 11.4. The lowest BCUT2D eigenvalue weighted by Crippen LogP contribution is -2.09. The summed E-state index contributed by atoms with van der Waals surface area (Å²) in [6.07, 6.45) is 1.25. The number of esters is 1. The maximum atomic E-state index is 13.3. The van der Waals surface area contributed by atoms with Gasteiger partial charge in [-0.15, -0.1) is 0 Å². The molecule has 0 spiro atoms. The first-order chi connectivity index (χ1) is 9.01. The van der Waals surface area contributed by atoms with Crippen LogP contribution in [0.25, 0.3) is 11.4 Å². The molecule has 1 aromatic heterocycles. The molecule has 0 atom stereocenters. The van der Waals surface area contributed by atoms with Crippen LogP contribution in [-0.4, -0.2) is 23.0 Å². The molecule has 0 saturated carbocycles. The molecule has 0 aliphatic rings. The number of methoxy groups -OCH3 is 1. The van der Waals surface area contributed by atoms with Gasteiger partial charge in [0.2, 0.25) is 0 Å². The molecule has 0 aliphatic carbocycles. The molecule has 5 nitrogen and oxygen atoms in total. The Balaban J connectivity index is 2.47. The Bertz CT molecular complexity index is 629. The third-order valence-electron chi connectivity index (χ3n) is 2.34. The van der Waals surface area contributed by atoms with Gasteiger partial charge in [-0.05, 0) is 18.2 Å². The Hall–Kier alpha value is -2.02. The van der Waals surface area contributed by atoms with Crippen molar-refractivity contribution in [3.05, 3.63) is 40.2 Å². The summed E-state index contributed by atoms with van der Waals surface area (Å²) < 4.78 is 18.4. The lowest BCUT2D eigenvalue weighted by atomic mass is 10.2. The molecule has 0 bridgehead atoms. The molecule has 2 N–H and O–H groups in total. The van der Waals surface area contributed by atoms with Crippen LogP contribution in [0.1, 0.15) is 10.4 Å². The highest BCUT2D eigenvalue weighted by Crippen LogP contribution is 2.23. The molecule has 7 heteroatoms. The molecular formula is C12H9BrFN3O2.